The molecule has 1 rings (SSSR count). The van der Waals surface area contributed by atoms with Crippen LogP contribution in [0.2, 0.25) is 0 Å². The molecule has 0 amide bonds. The van der Waals surface area contributed by atoms with Crippen molar-refractivity contribution in [1.29, 1.82) is 0 Å². The number of hydrogen-bond donors (Lipinski definition) is 1. The minimum absolute atomic E-state index is 0.461. The maximum Gasteiger partial charge on any atom is 0.0624 e. The average Bonchev–Trinajstić information content (AvgIpc) is 2.59. The molecule has 0 saturated carbocycles. The summed E-state index contributed by atoms with van der Waals surface area (Å²) in [4.78, 5) is 0. The van der Waals surface area contributed by atoms with Gasteiger partial charge in [-0.3, -0.25) is 4.68 Å². The molecule has 0 aliphatic carbocycles. The number of aryl methyl sites for hydroxylation is 2. The van der Waals surface area contributed by atoms with Gasteiger partial charge >= 0.3 is 0 Å². The molecular weight excluding hydrogens is 186 g/mol. The van der Waals surface area contributed by atoms with Gasteiger partial charge in [-0.1, -0.05) is 13.0 Å². The summed E-state index contributed by atoms with van der Waals surface area (Å²) in [6.45, 7) is 5.90. The third-order valence-electron chi connectivity index (χ3n) is 2.70. The molecule has 1 aromatic rings. The van der Waals surface area contributed by atoms with Gasteiger partial charge in [-0.25, -0.2) is 0 Å². The Morgan fingerprint density at radius 2 is 2.40 bits per heavy atom. The minimum Gasteiger partial charge on any atom is -0.316 e. The topological polar surface area (TPSA) is 29.9 Å². The van der Waals surface area contributed by atoms with Crippen molar-refractivity contribution in [1.82, 2.24) is 15.1 Å². The number of hydrogen-bond acceptors (Lipinski definition) is 2. The van der Waals surface area contributed by atoms with Gasteiger partial charge in [0.2, 0.25) is 0 Å². The van der Waals surface area contributed by atoms with Crippen molar-refractivity contribution in [3.8, 4) is 0 Å². The van der Waals surface area contributed by atoms with E-state index in [2.05, 4.69) is 30.0 Å². The Bertz CT molecular complexity index is 315. The normalized spacial score (nSPS) is 12.7. The molecule has 15 heavy (non-hydrogen) atoms. The van der Waals surface area contributed by atoms with Crippen molar-refractivity contribution in [2.24, 2.45) is 7.05 Å². The highest BCUT2D eigenvalue weighted by Gasteiger charge is 2.09. The lowest BCUT2D eigenvalue weighted by atomic mass is 10.1. The molecule has 0 bridgehead atoms. The first-order chi connectivity index (χ1) is 7.21. The van der Waals surface area contributed by atoms with Crippen LogP contribution in [0.5, 0.6) is 0 Å². The second kappa shape index (κ2) is 5.71. The lowest BCUT2D eigenvalue weighted by Gasteiger charge is -2.13. The Labute approximate surface area is 92.2 Å². The van der Waals surface area contributed by atoms with Crippen molar-refractivity contribution < 1.29 is 0 Å². The molecular formula is C12H21N3. The first-order valence-corrected chi connectivity index (χ1v) is 5.51. The molecule has 3 nitrogen and oxygen atoms in total. The predicted molar refractivity (Wildman–Crippen MR) is 64.0 cm³/mol. The molecule has 3 heteroatoms. The van der Waals surface area contributed by atoms with E-state index in [1.165, 1.54) is 11.4 Å². The molecule has 1 atom stereocenters. The van der Waals surface area contributed by atoms with Crippen LogP contribution in [0.3, 0.4) is 0 Å². The lowest BCUT2D eigenvalue weighted by Crippen LogP contribution is -2.27. The summed E-state index contributed by atoms with van der Waals surface area (Å²) in [5.74, 6) is 0. The monoisotopic (exact) mass is 207 g/mol. The van der Waals surface area contributed by atoms with E-state index in [4.69, 9.17) is 0 Å². The van der Waals surface area contributed by atoms with Crippen LogP contribution in [-0.2, 0) is 19.9 Å². The molecule has 1 unspecified atom stereocenters. The number of rotatable bonds is 6. The SMILES string of the molecule is C=CCC(Cc1cc(CC)nn1C)NC. The highest BCUT2D eigenvalue weighted by atomic mass is 15.3. The molecule has 0 saturated heterocycles. The maximum absolute atomic E-state index is 4.44. The van der Waals surface area contributed by atoms with Crippen molar-refractivity contribution in [3.63, 3.8) is 0 Å². The first-order valence-electron chi connectivity index (χ1n) is 5.51. The zero-order valence-corrected chi connectivity index (χ0v) is 9.95. The van der Waals surface area contributed by atoms with Crippen molar-refractivity contribution in [3.05, 3.63) is 30.1 Å². The van der Waals surface area contributed by atoms with Gasteiger partial charge in [0.15, 0.2) is 0 Å². The third-order valence-corrected chi connectivity index (χ3v) is 2.70. The van der Waals surface area contributed by atoms with Crippen LogP contribution in [0, 0.1) is 0 Å². The van der Waals surface area contributed by atoms with Gasteiger partial charge in [-0.2, -0.15) is 5.10 Å². The van der Waals surface area contributed by atoms with Gasteiger partial charge in [0.05, 0.1) is 5.69 Å². The van der Waals surface area contributed by atoms with Gasteiger partial charge in [-0.05, 0) is 26.0 Å². The molecule has 0 aromatic carbocycles. The predicted octanol–water partition coefficient (Wildman–Crippen LogP) is 1.69. The fraction of sp³-hybridized carbons (Fsp3) is 0.583. The number of nitrogens with zero attached hydrogens (tertiary/aromatic N) is 2. The van der Waals surface area contributed by atoms with Gasteiger partial charge in [0, 0.05) is 25.2 Å². The smallest absolute Gasteiger partial charge is 0.0624 e. The van der Waals surface area contributed by atoms with E-state index in [-0.39, 0.29) is 0 Å². The van der Waals surface area contributed by atoms with E-state index in [9.17, 15) is 0 Å². The van der Waals surface area contributed by atoms with E-state index in [0.717, 1.165) is 19.3 Å². The summed E-state index contributed by atoms with van der Waals surface area (Å²) in [6, 6.07) is 2.65. The Balaban J connectivity index is 2.69. The molecule has 0 aliphatic heterocycles. The molecule has 0 radical (unpaired) electrons. The van der Waals surface area contributed by atoms with Crippen LogP contribution in [0.15, 0.2) is 18.7 Å². The summed E-state index contributed by atoms with van der Waals surface area (Å²) in [5, 5.41) is 7.73. The second-order valence-corrected chi connectivity index (χ2v) is 3.82. The number of aromatic nitrogens is 2. The molecule has 0 fully saturated rings. The Kier molecular flexibility index (Phi) is 4.56. The summed E-state index contributed by atoms with van der Waals surface area (Å²) in [6.07, 6.45) is 4.95. The van der Waals surface area contributed by atoms with Crippen LogP contribution in [0.1, 0.15) is 24.7 Å². The Hall–Kier alpha value is -1.09. The van der Waals surface area contributed by atoms with E-state index >= 15 is 0 Å². The third kappa shape index (κ3) is 3.20. The largest absolute Gasteiger partial charge is 0.316 e. The maximum atomic E-state index is 4.44. The van der Waals surface area contributed by atoms with E-state index < -0.39 is 0 Å². The first kappa shape index (κ1) is 12.0. The zero-order valence-electron chi connectivity index (χ0n) is 9.95. The van der Waals surface area contributed by atoms with Gasteiger partial charge in [-0.15, -0.1) is 6.58 Å². The van der Waals surface area contributed by atoms with E-state index in [0.29, 0.717) is 6.04 Å². The van der Waals surface area contributed by atoms with Gasteiger partial charge in [0.1, 0.15) is 0 Å². The molecule has 0 aliphatic rings. The Morgan fingerprint density at radius 3 is 2.87 bits per heavy atom. The second-order valence-electron chi connectivity index (χ2n) is 3.82. The lowest BCUT2D eigenvalue weighted by molar-refractivity contribution is 0.541. The van der Waals surface area contributed by atoms with Gasteiger partial charge in [0.25, 0.3) is 0 Å². The van der Waals surface area contributed by atoms with Crippen molar-refractivity contribution in [2.45, 2.75) is 32.2 Å². The zero-order chi connectivity index (χ0) is 11.3. The van der Waals surface area contributed by atoms with Crippen molar-refractivity contribution >= 4 is 0 Å². The summed E-state index contributed by atoms with van der Waals surface area (Å²) < 4.78 is 1.98. The molecule has 1 aromatic heterocycles. The average molecular weight is 207 g/mol. The van der Waals surface area contributed by atoms with Crippen LogP contribution < -0.4 is 5.32 Å². The highest BCUT2D eigenvalue weighted by Crippen LogP contribution is 2.08. The summed E-state index contributed by atoms with van der Waals surface area (Å²) in [5.41, 5.74) is 2.45. The van der Waals surface area contributed by atoms with Crippen LogP contribution >= 0.6 is 0 Å². The Morgan fingerprint density at radius 1 is 1.67 bits per heavy atom. The quantitative estimate of drug-likeness (QED) is 0.719. The molecule has 84 valence electrons. The van der Waals surface area contributed by atoms with Crippen LogP contribution in [-0.4, -0.2) is 22.9 Å². The van der Waals surface area contributed by atoms with Crippen LogP contribution in [0.25, 0.3) is 0 Å². The number of likely N-dealkylation sites (N-methyl/N-ethyl adjacent to an activating group) is 1. The minimum atomic E-state index is 0.461. The van der Waals surface area contributed by atoms with E-state index in [1.807, 2.05) is 24.9 Å². The standard InChI is InChI=1S/C12H21N3/c1-5-7-11(13-3)9-12-8-10(6-2)14-15(12)4/h5,8,11,13H,1,6-7,9H2,2-4H3. The fourth-order valence-corrected chi connectivity index (χ4v) is 1.69. The fourth-order valence-electron chi connectivity index (χ4n) is 1.69. The molecule has 0 spiro atoms. The summed E-state index contributed by atoms with van der Waals surface area (Å²) >= 11 is 0. The summed E-state index contributed by atoms with van der Waals surface area (Å²) in [7, 11) is 4.00. The van der Waals surface area contributed by atoms with Crippen molar-refractivity contribution in [2.75, 3.05) is 7.05 Å². The molecule has 1 heterocycles. The highest BCUT2D eigenvalue weighted by molar-refractivity contribution is 5.11. The van der Waals surface area contributed by atoms with Crippen LogP contribution in [0.4, 0.5) is 0 Å². The van der Waals surface area contributed by atoms with E-state index in [1.54, 1.807) is 0 Å². The van der Waals surface area contributed by atoms with Gasteiger partial charge < -0.3 is 5.32 Å². The number of nitrogens with one attached hydrogen (secondary N) is 1. The molecule has 1 N–H and O–H groups in total.